The minimum atomic E-state index is -0.794. The van der Waals surface area contributed by atoms with Gasteiger partial charge in [0.1, 0.15) is 4.34 Å². The quantitative estimate of drug-likeness (QED) is 0.815. The van der Waals surface area contributed by atoms with Crippen LogP contribution in [0.4, 0.5) is 0 Å². The van der Waals surface area contributed by atoms with Crippen molar-refractivity contribution in [2.45, 2.75) is 43.1 Å². The van der Waals surface area contributed by atoms with Crippen LogP contribution in [0.5, 0.6) is 0 Å². The Morgan fingerprint density at radius 2 is 2.50 bits per heavy atom. The molecule has 0 spiro atoms. The smallest absolute Gasteiger partial charge is 0.308 e. The summed E-state index contributed by atoms with van der Waals surface area (Å²) in [6.07, 6.45) is 3.89. The summed E-state index contributed by atoms with van der Waals surface area (Å²) in [6, 6.07) is 0. The molecule has 0 aliphatic carbocycles. The Bertz CT molecular complexity index is 413. The van der Waals surface area contributed by atoms with Gasteiger partial charge >= 0.3 is 5.97 Å². The highest BCUT2D eigenvalue weighted by molar-refractivity contribution is 8.01. The molecule has 0 radical (unpaired) electrons. The maximum atomic E-state index is 10.7. The molecule has 1 atom stereocenters. The molecule has 18 heavy (non-hydrogen) atoms. The average Bonchev–Trinajstić information content (AvgIpc) is 2.90. The molecule has 1 saturated heterocycles. The topological polar surface area (TPSA) is 59.4 Å². The second-order valence-electron chi connectivity index (χ2n) is 4.33. The lowest BCUT2D eigenvalue weighted by Crippen LogP contribution is -2.05. The highest BCUT2D eigenvalue weighted by Gasteiger charge is 2.16. The third kappa shape index (κ3) is 3.96. The van der Waals surface area contributed by atoms with Crippen molar-refractivity contribution in [3.63, 3.8) is 0 Å². The van der Waals surface area contributed by atoms with Crippen LogP contribution >= 0.6 is 23.1 Å². The first-order valence-electron chi connectivity index (χ1n) is 6.07. The summed E-state index contributed by atoms with van der Waals surface area (Å²) in [5.41, 5.74) is 0.849. The van der Waals surface area contributed by atoms with E-state index in [2.05, 4.69) is 4.98 Å². The summed E-state index contributed by atoms with van der Waals surface area (Å²) >= 11 is 3.20. The lowest BCUT2D eigenvalue weighted by molar-refractivity contribution is -0.136. The Morgan fingerprint density at radius 3 is 3.17 bits per heavy atom. The van der Waals surface area contributed by atoms with Gasteiger partial charge in [-0.1, -0.05) is 11.8 Å². The van der Waals surface area contributed by atoms with Gasteiger partial charge in [0.05, 0.1) is 18.2 Å². The SMILES string of the molecule is Cc1nc(SCCC2CCCO2)sc1CC(=O)O. The summed E-state index contributed by atoms with van der Waals surface area (Å²) in [6.45, 7) is 2.77. The third-order valence-electron chi connectivity index (χ3n) is 2.87. The van der Waals surface area contributed by atoms with E-state index >= 15 is 0 Å². The lowest BCUT2D eigenvalue weighted by Gasteiger charge is -2.06. The Hall–Kier alpha value is -0.590. The van der Waals surface area contributed by atoms with Gasteiger partial charge < -0.3 is 9.84 Å². The normalized spacial score (nSPS) is 19.3. The van der Waals surface area contributed by atoms with E-state index in [1.165, 1.54) is 24.2 Å². The Kier molecular flexibility index (Phi) is 5.03. The summed E-state index contributed by atoms with van der Waals surface area (Å²) in [5.74, 6) is 0.196. The van der Waals surface area contributed by atoms with E-state index in [4.69, 9.17) is 9.84 Å². The lowest BCUT2D eigenvalue weighted by atomic mass is 10.2. The molecule has 0 amide bonds. The first-order valence-corrected chi connectivity index (χ1v) is 7.88. The molecular weight excluding hydrogens is 270 g/mol. The van der Waals surface area contributed by atoms with Gasteiger partial charge in [0.15, 0.2) is 0 Å². The number of carboxylic acids is 1. The van der Waals surface area contributed by atoms with Crippen LogP contribution in [0.25, 0.3) is 0 Å². The molecular formula is C12H17NO3S2. The Labute approximate surface area is 115 Å². The van der Waals surface area contributed by atoms with E-state index < -0.39 is 5.97 Å². The van der Waals surface area contributed by atoms with E-state index in [1.54, 1.807) is 11.8 Å². The first kappa shape index (κ1) is 13.8. The van der Waals surface area contributed by atoms with Gasteiger partial charge in [-0.15, -0.1) is 11.3 Å². The molecule has 6 heteroatoms. The maximum absolute atomic E-state index is 10.7. The number of aromatic nitrogens is 1. The van der Waals surface area contributed by atoms with Crippen LogP contribution < -0.4 is 0 Å². The number of hydrogen-bond acceptors (Lipinski definition) is 5. The number of hydrogen-bond donors (Lipinski definition) is 1. The summed E-state index contributed by atoms with van der Waals surface area (Å²) in [5, 5.41) is 8.78. The molecule has 1 N–H and O–H groups in total. The maximum Gasteiger partial charge on any atom is 0.308 e. The molecule has 0 aromatic carbocycles. The molecule has 2 heterocycles. The summed E-state index contributed by atoms with van der Waals surface area (Å²) < 4.78 is 6.54. The van der Waals surface area contributed by atoms with Crippen LogP contribution in [0.1, 0.15) is 29.8 Å². The number of thioether (sulfide) groups is 1. The van der Waals surface area contributed by atoms with Gasteiger partial charge in [0, 0.05) is 17.2 Å². The Balaban J connectivity index is 1.80. The number of thiazole rings is 1. The van der Waals surface area contributed by atoms with Crippen LogP contribution in [0, 0.1) is 6.92 Å². The van der Waals surface area contributed by atoms with E-state index in [-0.39, 0.29) is 6.42 Å². The van der Waals surface area contributed by atoms with Gasteiger partial charge in [0.25, 0.3) is 0 Å². The molecule has 1 unspecified atom stereocenters. The van der Waals surface area contributed by atoms with Gasteiger partial charge in [-0.2, -0.15) is 0 Å². The number of nitrogens with zero attached hydrogens (tertiary/aromatic N) is 1. The molecule has 100 valence electrons. The van der Waals surface area contributed by atoms with Crippen molar-refractivity contribution >= 4 is 29.1 Å². The van der Waals surface area contributed by atoms with Crippen molar-refractivity contribution in [2.75, 3.05) is 12.4 Å². The fraction of sp³-hybridized carbons (Fsp3) is 0.667. The van der Waals surface area contributed by atoms with Crippen LogP contribution in [0.2, 0.25) is 0 Å². The molecule has 1 fully saturated rings. The number of rotatable bonds is 6. The molecule has 1 aromatic heterocycles. The molecule has 0 bridgehead atoms. The summed E-state index contributed by atoms with van der Waals surface area (Å²) in [7, 11) is 0. The number of carbonyl (C=O) groups is 1. The van der Waals surface area contributed by atoms with E-state index in [0.29, 0.717) is 6.10 Å². The largest absolute Gasteiger partial charge is 0.481 e. The van der Waals surface area contributed by atoms with Gasteiger partial charge in [0.2, 0.25) is 0 Å². The number of carboxylic acid groups (broad SMARTS) is 1. The van der Waals surface area contributed by atoms with Crippen molar-refractivity contribution in [3.8, 4) is 0 Å². The molecule has 0 saturated carbocycles. The second-order valence-corrected chi connectivity index (χ2v) is 6.76. The van der Waals surface area contributed by atoms with Crippen molar-refractivity contribution in [3.05, 3.63) is 10.6 Å². The van der Waals surface area contributed by atoms with Crippen LogP contribution in [-0.2, 0) is 16.0 Å². The van der Waals surface area contributed by atoms with E-state index in [0.717, 1.165) is 33.7 Å². The zero-order valence-electron chi connectivity index (χ0n) is 10.3. The molecule has 1 aromatic rings. The molecule has 1 aliphatic rings. The van der Waals surface area contributed by atoms with Gasteiger partial charge in [-0.25, -0.2) is 4.98 Å². The van der Waals surface area contributed by atoms with Crippen LogP contribution in [-0.4, -0.2) is 34.5 Å². The Morgan fingerprint density at radius 1 is 1.67 bits per heavy atom. The number of aliphatic carboxylic acids is 1. The summed E-state index contributed by atoms with van der Waals surface area (Å²) in [4.78, 5) is 15.9. The van der Waals surface area contributed by atoms with Crippen LogP contribution in [0.3, 0.4) is 0 Å². The number of ether oxygens (including phenoxy) is 1. The number of aryl methyl sites for hydroxylation is 1. The van der Waals surface area contributed by atoms with Crippen molar-refractivity contribution in [1.29, 1.82) is 0 Å². The minimum Gasteiger partial charge on any atom is -0.481 e. The van der Waals surface area contributed by atoms with Gasteiger partial charge in [-0.05, 0) is 26.2 Å². The molecule has 2 rings (SSSR count). The van der Waals surface area contributed by atoms with E-state index in [9.17, 15) is 4.79 Å². The van der Waals surface area contributed by atoms with Crippen molar-refractivity contribution in [1.82, 2.24) is 4.98 Å². The average molecular weight is 287 g/mol. The zero-order chi connectivity index (χ0) is 13.0. The van der Waals surface area contributed by atoms with Crippen molar-refractivity contribution < 1.29 is 14.6 Å². The highest BCUT2D eigenvalue weighted by Crippen LogP contribution is 2.29. The van der Waals surface area contributed by atoms with Crippen molar-refractivity contribution in [2.24, 2.45) is 0 Å². The minimum absolute atomic E-state index is 0.0792. The second kappa shape index (κ2) is 6.54. The fourth-order valence-electron chi connectivity index (χ4n) is 1.91. The standard InChI is InChI=1S/C12H17NO3S2/c1-8-10(7-11(14)15)18-12(13-8)17-6-4-9-3-2-5-16-9/h9H,2-7H2,1H3,(H,14,15). The predicted molar refractivity (Wildman–Crippen MR) is 72.5 cm³/mol. The first-order chi connectivity index (χ1) is 8.65. The fourth-order valence-corrected chi connectivity index (χ4v) is 4.24. The van der Waals surface area contributed by atoms with E-state index in [1.807, 2.05) is 6.92 Å². The molecule has 4 nitrogen and oxygen atoms in total. The molecule has 1 aliphatic heterocycles. The monoisotopic (exact) mass is 287 g/mol. The highest BCUT2D eigenvalue weighted by atomic mass is 32.2. The predicted octanol–water partition coefficient (Wildman–Crippen LogP) is 2.74. The third-order valence-corrected chi connectivity index (χ3v) is 5.21. The van der Waals surface area contributed by atoms with Gasteiger partial charge in [-0.3, -0.25) is 4.79 Å². The van der Waals surface area contributed by atoms with Crippen LogP contribution in [0.15, 0.2) is 4.34 Å². The zero-order valence-corrected chi connectivity index (χ0v) is 12.0.